The summed E-state index contributed by atoms with van der Waals surface area (Å²) < 4.78 is 19.9. The van der Waals surface area contributed by atoms with E-state index in [9.17, 15) is 9.18 Å². The minimum atomic E-state index is -0.297. The second-order valence-electron chi connectivity index (χ2n) is 5.79. The largest absolute Gasteiger partial charge is 0.448 e. The predicted octanol–water partition coefficient (Wildman–Crippen LogP) is 4.67. The molecule has 4 aromatic rings. The summed E-state index contributed by atoms with van der Waals surface area (Å²) >= 11 is 1.52. The van der Waals surface area contributed by atoms with Crippen molar-refractivity contribution in [2.24, 2.45) is 0 Å². The van der Waals surface area contributed by atoms with E-state index in [0.29, 0.717) is 18.7 Å². The van der Waals surface area contributed by atoms with Crippen LogP contribution in [0.3, 0.4) is 0 Å². The molecule has 0 bridgehead atoms. The van der Waals surface area contributed by atoms with Crippen molar-refractivity contribution in [1.29, 1.82) is 0 Å². The number of furan rings is 1. The Kier molecular flexibility index (Phi) is 4.50. The van der Waals surface area contributed by atoms with Crippen molar-refractivity contribution in [3.63, 3.8) is 0 Å². The summed E-state index contributed by atoms with van der Waals surface area (Å²) in [6.45, 7) is 0.402. The van der Waals surface area contributed by atoms with E-state index in [-0.39, 0.29) is 17.5 Å². The normalized spacial score (nSPS) is 11.0. The zero-order valence-corrected chi connectivity index (χ0v) is 14.6. The minimum Gasteiger partial charge on any atom is -0.448 e. The molecule has 0 radical (unpaired) electrons. The summed E-state index contributed by atoms with van der Waals surface area (Å²) in [5.74, 6) is 0.231. The number of nitrogens with one attached hydrogen (secondary N) is 1. The lowest BCUT2D eigenvalue weighted by molar-refractivity contribution is 0.0927. The maximum atomic E-state index is 13.2. The van der Waals surface area contributed by atoms with E-state index >= 15 is 0 Å². The Morgan fingerprint density at radius 1 is 1.12 bits per heavy atom. The number of amides is 1. The first-order chi connectivity index (χ1) is 12.7. The number of thiazole rings is 1. The molecule has 0 fully saturated rings. The van der Waals surface area contributed by atoms with Crippen LogP contribution in [0.5, 0.6) is 0 Å². The molecule has 4 rings (SSSR count). The summed E-state index contributed by atoms with van der Waals surface area (Å²) in [5.41, 5.74) is 1.74. The summed E-state index contributed by atoms with van der Waals surface area (Å²) in [6, 6.07) is 17.6. The van der Waals surface area contributed by atoms with Gasteiger partial charge < -0.3 is 9.73 Å². The van der Waals surface area contributed by atoms with Crippen molar-refractivity contribution in [2.45, 2.75) is 6.42 Å². The number of benzene rings is 2. The third kappa shape index (κ3) is 3.50. The van der Waals surface area contributed by atoms with Crippen LogP contribution in [0, 0.1) is 5.82 Å². The van der Waals surface area contributed by atoms with Gasteiger partial charge in [0.2, 0.25) is 0 Å². The molecular formula is C20H15FN2O2S. The van der Waals surface area contributed by atoms with Crippen molar-refractivity contribution >= 4 is 27.5 Å². The molecular weight excluding hydrogens is 351 g/mol. The van der Waals surface area contributed by atoms with E-state index in [4.69, 9.17) is 4.42 Å². The summed E-state index contributed by atoms with van der Waals surface area (Å²) in [4.78, 5) is 16.7. The zero-order chi connectivity index (χ0) is 17.9. The second kappa shape index (κ2) is 7.09. The fraction of sp³-hybridized carbons (Fsp3) is 0.100. The van der Waals surface area contributed by atoms with Gasteiger partial charge in [-0.3, -0.25) is 4.79 Å². The highest BCUT2D eigenvalue weighted by atomic mass is 32.1. The molecule has 0 saturated carbocycles. The SMILES string of the molecule is O=C(NCCc1cccc(F)c1)c1ccc(-c2nc3ccccc3s2)o1. The fourth-order valence-electron chi connectivity index (χ4n) is 2.65. The van der Waals surface area contributed by atoms with Crippen LogP contribution in [-0.2, 0) is 6.42 Å². The molecule has 0 saturated heterocycles. The quantitative estimate of drug-likeness (QED) is 0.558. The molecule has 0 spiro atoms. The standard InChI is InChI=1S/C20H15FN2O2S/c21-14-5-3-4-13(12-14)10-11-22-19(24)16-8-9-17(25-16)20-23-15-6-1-2-7-18(15)26-20/h1-9,12H,10-11H2,(H,22,24). The van der Waals surface area contributed by atoms with E-state index < -0.39 is 0 Å². The lowest BCUT2D eigenvalue weighted by atomic mass is 10.1. The number of fused-ring (bicyclic) bond motifs is 1. The summed E-state index contributed by atoms with van der Waals surface area (Å²) in [7, 11) is 0. The number of aromatic nitrogens is 1. The Hall–Kier alpha value is -2.99. The second-order valence-corrected chi connectivity index (χ2v) is 6.82. The van der Waals surface area contributed by atoms with E-state index in [1.807, 2.05) is 30.3 Å². The van der Waals surface area contributed by atoms with Crippen molar-refractivity contribution in [3.05, 3.63) is 77.8 Å². The summed E-state index contributed by atoms with van der Waals surface area (Å²) in [6.07, 6.45) is 0.551. The van der Waals surface area contributed by atoms with E-state index in [0.717, 1.165) is 20.8 Å². The van der Waals surface area contributed by atoms with Gasteiger partial charge in [0.25, 0.3) is 5.91 Å². The number of carbonyl (C=O) groups is 1. The van der Waals surface area contributed by atoms with E-state index in [1.54, 1.807) is 18.2 Å². The molecule has 2 aromatic heterocycles. The van der Waals surface area contributed by atoms with Crippen LogP contribution < -0.4 is 5.32 Å². The number of hydrogen-bond acceptors (Lipinski definition) is 4. The van der Waals surface area contributed by atoms with Gasteiger partial charge in [-0.15, -0.1) is 11.3 Å². The van der Waals surface area contributed by atoms with Crippen molar-refractivity contribution in [1.82, 2.24) is 10.3 Å². The maximum Gasteiger partial charge on any atom is 0.287 e. The number of hydrogen-bond donors (Lipinski definition) is 1. The van der Waals surface area contributed by atoms with Crippen LogP contribution in [-0.4, -0.2) is 17.4 Å². The number of carbonyl (C=O) groups excluding carboxylic acids is 1. The molecule has 2 heterocycles. The van der Waals surface area contributed by atoms with Gasteiger partial charge >= 0.3 is 0 Å². The average Bonchev–Trinajstić information content (AvgIpc) is 3.28. The van der Waals surface area contributed by atoms with Crippen molar-refractivity contribution in [2.75, 3.05) is 6.54 Å². The Bertz CT molecular complexity index is 1040. The lowest BCUT2D eigenvalue weighted by Crippen LogP contribution is -2.25. The van der Waals surface area contributed by atoms with Crippen LogP contribution in [0.15, 0.2) is 65.1 Å². The molecule has 0 aliphatic carbocycles. The van der Waals surface area contributed by atoms with Crippen LogP contribution >= 0.6 is 11.3 Å². The third-order valence-electron chi connectivity index (χ3n) is 3.92. The lowest BCUT2D eigenvalue weighted by Gasteiger charge is -2.03. The Labute approximate surface area is 153 Å². The minimum absolute atomic E-state index is 0.235. The molecule has 0 unspecified atom stereocenters. The Morgan fingerprint density at radius 3 is 2.85 bits per heavy atom. The molecule has 0 atom stereocenters. The van der Waals surface area contributed by atoms with Gasteiger partial charge in [0.1, 0.15) is 5.82 Å². The van der Waals surface area contributed by atoms with Gasteiger partial charge in [0.15, 0.2) is 16.5 Å². The first-order valence-corrected chi connectivity index (χ1v) is 8.99. The summed E-state index contributed by atoms with van der Waals surface area (Å²) in [5, 5.41) is 3.53. The van der Waals surface area contributed by atoms with Gasteiger partial charge in [-0.25, -0.2) is 9.37 Å². The highest BCUT2D eigenvalue weighted by Crippen LogP contribution is 2.31. The topological polar surface area (TPSA) is 55.1 Å². The number of halogens is 1. The Balaban J connectivity index is 1.41. The molecule has 6 heteroatoms. The fourth-order valence-corrected chi connectivity index (χ4v) is 3.58. The molecule has 0 aliphatic rings. The van der Waals surface area contributed by atoms with Crippen LogP contribution in [0.4, 0.5) is 4.39 Å². The Morgan fingerprint density at radius 2 is 2.00 bits per heavy atom. The van der Waals surface area contributed by atoms with Crippen LogP contribution in [0.2, 0.25) is 0 Å². The molecule has 0 aliphatic heterocycles. The molecule has 2 aromatic carbocycles. The first-order valence-electron chi connectivity index (χ1n) is 8.17. The smallest absolute Gasteiger partial charge is 0.287 e. The van der Waals surface area contributed by atoms with E-state index in [1.165, 1.54) is 23.5 Å². The van der Waals surface area contributed by atoms with E-state index in [2.05, 4.69) is 10.3 Å². The van der Waals surface area contributed by atoms with Crippen LogP contribution in [0.1, 0.15) is 16.1 Å². The zero-order valence-electron chi connectivity index (χ0n) is 13.7. The monoisotopic (exact) mass is 366 g/mol. The van der Waals surface area contributed by atoms with Gasteiger partial charge in [-0.1, -0.05) is 24.3 Å². The van der Waals surface area contributed by atoms with Crippen molar-refractivity contribution in [3.8, 4) is 10.8 Å². The number of rotatable bonds is 5. The van der Waals surface area contributed by atoms with Crippen molar-refractivity contribution < 1.29 is 13.6 Å². The first kappa shape index (κ1) is 16.5. The molecule has 1 N–H and O–H groups in total. The number of para-hydroxylation sites is 1. The van der Waals surface area contributed by atoms with Gasteiger partial charge in [-0.2, -0.15) is 0 Å². The molecule has 130 valence electrons. The predicted molar refractivity (Wildman–Crippen MR) is 99.8 cm³/mol. The molecule has 1 amide bonds. The van der Waals surface area contributed by atoms with Gasteiger partial charge in [0.05, 0.1) is 10.2 Å². The molecule has 4 nitrogen and oxygen atoms in total. The highest BCUT2D eigenvalue weighted by Gasteiger charge is 2.14. The average molecular weight is 366 g/mol. The third-order valence-corrected chi connectivity index (χ3v) is 4.97. The van der Waals surface area contributed by atoms with Gasteiger partial charge in [0, 0.05) is 6.54 Å². The van der Waals surface area contributed by atoms with Crippen LogP contribution in [0.25, 0.3) is 21.0 Å². The highest BCUT2D eigenvalue weighted by molar-refractivity contribution is 7.21. The maximum absolute atomic E-state index is 13.2. The van der Waals surface area contributed by atoms with Gasteiger partial charge in [-0.05, 0) is 48.4 Å². The molecule has 26 heavy (non-hydrogen) atoms. The number of nitrogens with zero attached hydrogens (tertiary/aromatic N) is 1.